The van der Waals surface area contributed by atoms with Gasteiger partial charge in [0, 0.05) is 17.3 Å². The third-order valence-electron chi connectivity index (χ3n) is 3.31. The number of nitriles is 1. The number of rotatable bonds is 4. The number of halogens is 2. The molecule has 0 aromatic heterocycles. The lowest BCUT2D eigenvalue weighted by Gasteiger charge is -2.18. The van der Waals surface area contributed by atoms with E-state index in [1.807, 2.05) is 19.1 Å². The second-order valence-electron chi connectivity index (χ2n) is 5.12. The van der Waals surface area contributed by atoms with Crippen molar-refractivity contribution in [1.82, 2.24) is 0 Å². The highest BCUT2D eigenvalue weighted by atomic mass is 19.1. The molecule has 2 aromatic carbocycles. The van der Waals surface area contributed by atoms with Crippen molar-refractivity contribution in [1.29, 1.82) is 5.26 Å². The van der Waals surface area contributed by atoms with Crippen molar-refractivity contribution < 1.29 is 8.78 Å². The molecule has 2 nitrogen and oxygen atoms in total. The maximum Gasteiger partial charge on any atom is 0.129 e. The molecule has 0 spiro atoms. The van der Waals surface area contributed by atoms with Crippen LogP contribution in [0.2, 0.25) is 0 Å². The zero-order chi connectivity index (χ0) is 15.4. The van der Waals surface area contributed by atoms with E-state index in [4.69, 9.17) is 5.26 Å². The van der Waals surface area contributed by atoms with Crippen LogP contribution in [-0.2, 0) is 6.42 Å². The van der Waals surface area contributed by atoms with Crippen molar-refractivity contribution in [2.24, 2.45) is 0 Å². The first kappa shape index (κ1) is 15.0. The molecule has 0 fully saturated rings. The van der Waals surface area contributed by atoms with Gasteiger partial charge in [0.05, 0.1) is 11.6 Å². The van der Waals surface area contributed by atoms with Gasteiger partial charge in [0.2, 0.25) is 0 Å². The van der Waals surface area contributed by atoms with Crippen LogP contribution in [-0.4, -0.2) is 6.04 Å². The summed E-state index contributed by atoms with van der Waals surface area (Å²) in [5, 5.41) is 12.1. The molecule has 0 saturated heterocycles. The minimum Gasteiger partial charge on any atom is -0.382 e. The number of benzene rings is 2. The zero-order valence-corrected chi connectivity index (χ0v) is 12.0. The van der Waals surface area contributed by atoms with Crippen molar-refractivity contribution in [3.8, 4) is 6.07 Å². The highest BCUT2D eigenvalue weighted by Gasteiger charge is 2.10. The van der Waals surface area contributed by atoms with Gasteiger partial charge in [0.25, 0.3) is 0 Å². The third kappa shape index (κ3) is 3.79. The van der Waals surface area contributed by atoms with Crippen LogP contribution in [0.3, 0.4) is 0 Å². The second-order valence-corrected chi connectivity index (χ2v) is 5.12. The molecule has 1 N–H and O–H groups in total. The minimum atomic E-state index is -0.408. The lowest BCUT2D eigenvalue weighted by molar-refractivity contribution is 0.617. The Morgan fingerprint density at radius 1 is 1.24 bits per heavy atom. The van der Waals surface area contributed by atoms with Gasteiger partial charge in [0.1, 0.15) is 11.6 Å². The number of anilines is 1. The van der Waals surface area contributed by atoms with Crippen molar-refractivity contribution in [2.75, 3.05) is 5.32 Å². The molecule has 21 heavy (non-hydrogen) atoms. The summed E-state index contributed by atoms with van der Waals surface area (Å²) >= 11 is 0. The number of hydrogen-bond donors (Lipinski definition) is 1. The van der Waals surface area contributed by atoms with E-state index in [1.165, 1.54) is 18.2 Å². The monoisotopic (exact) mass is 286 g/mol. The predicted molar refractivity (Wildman–Crippen MR) is 79.0 cm³/mol. The quantitative estimate of drug-likeness (QED) is 0.914. The van der Waals surface area contributed by atoms with Crippen LogP contribution in [0.5, 0.6) is 0 Å². The normalized spacial score (nSPS) is 11.8. The van der Waals surface area contributed by atoms with Crippen molar-refractivity contribution in [3.05, 3.63) is 64.7 Å². The number of hydrogen-bond acceptors (Lipinski definition) is 2. The van der Waals surface area contributed by atoms with Gasteiger partial charge >= 0.3 is 0 Å². The Hall–Kier alpha value is -2.41. The van der Waals surface area contributed by atoms with Crippen LogP contribution in [0.1, 0.15) is 23.6 Å². The SMILES string of the molecule is Cc1c(F)cc(C#N)cc1NC(C)Cc1cccc(F)c1. The molecule has 0 heterocycles. The van der Waals surface area contributed by atoms with Gasteiger partial charge in [0.15, 0.2) is 0 Å². The molecule has 0 aliphatic heterocycles. The van der Waals surface area contributed by atoms with Gasteiger partial charge in [-0.05, 0) is 50.1 Å². The van der Waals surface area contributed by atoms with E-state index in [0.717, 1.165) is 5.56 Å². The molecular weight excluding hydrogens is 270 g/mol. The van der Waals surface area contributed by atoms with Crippen LogP contribution >= 0.6 is 0 Å². The fraction of sp³-hybridized carbons (Fsp3) is 0.235. The third-order valence-corrected chi connectivity index (χ3v) is 3.31. The Labute approximate surface area is 123 Å². The van der Waals surface area contributed by atoms with Gasteiger partial charge in [-0.15, -0.1) is 0 Å². The summed E-state index contributed by atoms with van der Waals surface area (Å²) in [7, 11) is 0. The molecule has 0 saturated carbocycles. The van der Waals surface area contributed by atoms with Crippen molar-refractivity contribution in [2.45, 2.75) is 26.3 Å². The molecule has 0 amide bonds. The summed E-state index contributed by atoms with van der Waals surface area (Å²) in [6.45, 7) is 3.59. The van der Waals surface area contributed by atoms with Gasteiger partial charge in [-0.1, -0.05) is 12.1 Å². The first-order chi connectivity index (χ1) is 9.99. The van der Waals surface area contributed by atoms with E-state index >= 15 is 0 Å². The largest absolute Gasteiger partial charge is 0.382 e. The van der Waals surface area contributed by atoms with Gasteiger partial charge in [-0.3, -0.25) is 0 Å². The first-order valence-corrected chi connectivity index (χ1v) is 6.71. The first-order valence-electron chi connectivity index (χ1n) is 6.71. The van der Waals surface area contributed by atoms with E-state index in [2.05, 4.69) is 5.32 Å². The fourth-order valence-electron chi connectivity index (χ4n) is 2.23. The molecule has 108 valence electrons. The molecule has 2 aromatic rings. The summed E-state index contributed by atoms with van der Waals surface area (Å²) in [5.41, 5.74) is 2.21. The molecule has 0 aliphatic carbocycles. The highest BCUT2D eigenvalue weighted by molar-refractivity contribution is 5.56. The Bertz CT molecular complexity index is 690. The smallest absolute Gasteiger partial charge is 0.129 e. The lowest BCUT2D eigenvalue weighted by Crippen LogP contribution is -2.19. The molecular formula is C17H16F2N2. The molecule has 0 radical (unpaired) electrons. The summed E-state index contributed by atoms with van der Waals surface area (Å²) in [4.78, 5) is 0. The predicted octanol–water partition coefficient (Wildman–Crippen LogP) is 4.19. The van der Waals surface area contributed by atoms with E-state index in [1.54, 1.807) is 19.1 Å². The van der Waals surface area contributed by atoms with Gasteiger partial charge in [-0.25, -0.2) is 8.78 Å². The maximum absolute atomic E-state index is 13.7. The average molecular weight is 286 g/mol. The topological polar surface area (TPSA) is 35.8 Å². The molecule has 0 aliphatic rings. The Balaban J connectivity index is 2.14. The van der Waals surface area contributed by atoms with E-state index in [0.29, 0.717) is 17.7 Å². The van der Waals surface area contributed by atoms with Crippen LogP contribution in [0.15, 0.2) is 36.4 Å². The number of nitrogens with one attached hydrogen (secondary N) is 1. The zero-order valence-electron chi connectivity index (χ0n) is 12.0. The summed E-state index contributed by atoms with van der Waals surface area (Å²) in [6, 6.07) is 11.2. The van der Waals surface area contributed by atoms with Crippen molar-refractivity contribution in [3.63, 3.8) is 0 Å². The lowest BCUT2D eigenvalue weighted by atomic mass is 10.0. The van der Waals surface area contributed by atoms with Crippen LogP contribution in [0.4, 0.5) is 14.5 Å². The van der Waals surface area contributed by atoms with Crippen molar-refractivity contribution >= 4 is 5.69 Å². The molecule has 2 rings (SSSR count). The van der Waals surface area contributed by atoms with Crippen LogP contribution in [0, 0.1) is 29.9 Å². The average Bonchev–Trinajstić information content (AvgIpc) is 2.43. The molecule has 0 bridgehead atoms. The van der Waals surface area contributed by atoms with E-state index in [9.17, 15) is 8.78 Å². The Kier molecular flexibility index (Phi) is 4.54. The second kappa shape index (κ2) is 6.36. The number of nitrogens with zero attached hydrogens (tertiary/aromatic N) is 1. The van der Waals surface area contributed by atoms with Crippen LogP contribution in [0.25, 0.3) is 0 Å². The molecule has 1 unspecified atom stereocenters. The fourth-order valence-corrected chi connectivity index (χ4v) is 2.23. The molecule has 4 heteroatoms. The summed E-state index contributed by atoms with van der Waals surface area (Å²) < 4.78 is 26.9. The summed E-state index contributed by atoms with van der Waals surface area (Å²) in [5.74, 6) is -0.678. The minimum absolute atomic E-state index is 0.0150. The maximum atomic E-state index is 13.7. The Morgan fingerprint density at radius 3 is 2.67 bits per heavy atom. The van der Waals surface area contributed by atoms with Gasteiger partial charge in [-0.2, -0.15) is 5.26 Å². The summed E-state index contributed by atoms with van der Waals surface area (Å²) in [6.07, 6.45) is 0.607. The van der Waals surface area contributed by atoms with Gasteiger partial charge < -0.3 is 5.32 Å². The Morgan fingerprint density at radius 2 is 2.00 bits per heavy atom. The highest BCUT2D eigenvalue weighted by Crippen LogP contribution is 2.22. The standard InChI is InChI=1S/C17H16F2N2/c1-11(6-13-4-3-5-15(18)7-13)21-17-9-14(10-20)8-16(19)12(17)2/h3-5,7-9,11,21H,6H2,1-2H3. The van der Waals surface area contributed by atoms with Crippen LogP contribution < -0.4 is 5.32 Å². The van der Waals surface area contributed by atoms with E-state index in [-0.39, 0.29) is 17.4 Å². The van der Waals surface area contributed by atoms with E-state index < -0.39 is 5.82 Å². The molecule has 1 atom stereocenters.